The Kier molecular flexibility index (Phi) is 6.37. The van der Waals surface area contributed by atoms with Crippen molar-refractivity contribution in [1.82, 2.24) is 9.80 Å². The molecule has 0 bridgehead atoms. The van der Waals surface area contributed by atoms with Gasteiger partial charge < -0.3 is 14.9 Å². The van der Waals surface area contributed by atoms with Gasteiger partial charge >= 0.3 is 5.97 Å². The van der Waals surface area contributed by atoms with Gasteiger partial charge in [0.05, 0.1) is 5.92 Å². The molecule has 2 aliphatic heterocycles. The monoisotopic (exact) mass is 373 g/mol. The molecule has 3 rings (SSSR count). The number of carbonyl (C=O) groups excluding carboxylic acids is 1. The van der Waals surface area contributed by atoms with E-state index in [0.29, 0.717) is 25.9 Å². The fourth-order valence-electron chi connectivity index (χ4n) is 4.20. The first-order chi connectivity index (χ1) is 12.9. The number of aryl methyl sites for hydroxylation is 1. The van der Waals surface area contributed by atoms with Gasteiger partial charge in [-0.2, -0.15) is 0 Å². The summed E-state index contributed by atoms with van der Waals surface area (Å²) in [5, 5.41) is 9.27. The van der Waals surface area contributed by atoms with Crippen LogP contribution in [-0.4, -0.2) is 72.6 Å². The summed E-state index contributed by atoms with van der Waals surface area (Å²) in [5.74, 6) is -0.863. The summed E-state index contributed by atoms with van der Waals surface area (Å²) in [4.78, 5) is 30.4. The average Bonchev–Trinajstić information content (AvgIpc) is 2.66. The van der Waals surface area contributed by atoms with Gasteiger partial charge in [-0.15, -0.1) is 0 Å². The minimum absolute atomic E-state index is 0.0916. The van der Waals surface area contributed by atoms with Crippen LogP contribution in [0.25, 0.3) is 0 Å². The second kappa shape index (κ2) is 8.74. The molecule has 2 heterocycles. The number of likely N-dealkylation sites (tertiary alicyclic amines) is 1. The molecule has 1 amide bonds. The molecule has 2 unspecified atom stereocenters. The van der Waals surface area contributed by atoms with Crippen LogP contribution in [0.1, 0.15) is 25.3 Å². The fraction of sp³-hybridized carbons (Fsp3) is 0.619. The summed E-state index contributed by atoms with van der Waals surface area (Å²) in [5.41, 5.74) is 2.55. The van der Waals surface area contributed by atoms with Gasteiger partial charge in [0.1, 0.15) is 0 Å². The van der Waals surface area contributed by atoms with Crippen molar-refractivity contribution in [2.45, 2.75) is 26.7 Å². The van der Waals surface area contributed by atoms with E-state index in [1.807, 2.05) is 6.92 Å². The van der Waals surface area contributed by atoms with Gasteiger partial charge in [0, 0.05) is 57.9 Å². The molecule has 0 aliphatic carbocycles. The highest BCUT2D eigenvalue weighted by Crippen LogP contribution is 2.23. The number of piperidine rings is 1. The molecule has 0 radical (unpaired) electrons. The summed E-state index contributed by atoms with van der Waals surface area (Å²) in [6.45, 7) is 9.79. The number of amides is 1. The Morgan fingerprint density at radius 3 is 2.56 bits per heavy atom. The van der Waals surface area contributed by atoms with E-state index in [4.69, 9.17) is 0 Å². The van der Waals surface area contributed by atoms with Crippen LogP contribution in [0.4, 0.5) is 5.69 Å². The van der Waals surface area contributed by atoms with Crippen LogP contribution in [0.2, 0.25) is 0 Å². The maximum absolute atomic E-state index is 12.6. The van der Waals surface area contributed by atoms with E-state index in [-0.39, 0.29) is 11.8 Å². The van der Waals surface area contributed by atoms with Gasteiger partial charge in [0.25, 0.3) is 0 Å². The van der Waals surface area contributed by atoms with E-state index in [9.17, 15) is 14.7 Å². The third-order valence-corrected chi connectivity index (χ3v) is 5.74. The van der Waals surface area contributed by atoms with Crippen molar-refractivity contribution in [2.75, 3.05) is 50.7 Å². The lowest BCUT2D eigenvalue weighted by atomic mass is 9.90. The number of carbonyl (C=O) groups is 2. The summed E-state index contributed by atoms with van der Waals surface area (Å²) in [6.07, 6.45) is 1.14. The Morgan fingerprint density at radius 1 is 1.15 bits per heavy atom. The molecule has 0 saturated carbocycles. The zero-order chi connectivity index (χ0) is 19.4. The van der Waals surface area contributed by atoms with E-state index < -0.39 is 11.9 Å². The molecule has 2 atom stereocenters. The largest absolute Gasteiger partial charge is 0.481 e. The normalized spacial score (nSPS) is 24.1. The van der Waals surface area contributed by atoms with E-state index in [1.165, 1.54) is 11.3 Å². The first kappa shape index (κ1) is 19.7. The third-order valence-electron chi connectivity index (χ3n) is 5.74. The number of piperazine rings is 1. The fourth-order valence-corrected chi connectivity index (χ4v) is 4.20. The lowest BCUT2D eigenvalue weighted by Crippen LogP contribution is -2.49. The molecule has 0 spiro atoms. The smallest absolute Gasteiger partial charge is 0.308 e. The number of nitrogens with zero attached hydrogens (tertiary/aromatic N) is 3. The van der Waals surface area contributed by atoms with Crippen LogP contribution in [-0.2, 0) is 9.59 Å². The van der Waals surface area contributed by atoms with Crippen molar-refractivity contribution >= 4 is 17.6 Å². The molecule has 148 valence electrons. The van der Waals surface area contributed by atoms with E-state index in [0.717, 1.165) is 32.7 Å². The zero-order valence-corrected chi connectivity index (χ0v) is 16.4. The summed E-state index contributed by atoms with van der Waals surface area (Å²) >= 11 is 0. The van der Waals surface area contributed by atoms with Gasteiger partial charge in [-0.25, -0.2) is 0 Å². The van der Waals surface area contributed by atoms with Crippen LogP contribution >= 0.6 is 0 Å². The number of hydrogen-bond donors (Lipinski definition) is 1. The molecule has 1 N–H and O–H groups in total. The van der Waals surface area contributed by atoms with E-state index >= 15 is 0 Å². The van der Waals surface area contributed by atoms with Crippen molar-refractivity contribution < 1.29 is 14.7 Å². The average molecular weight is 373 g/mol. The number of rotatable bonds is 5. The molecule has 2 fully saturated rings. The lowest BCUT2D eigenvalue weighted by molar-refractivity contribution is -0.147. The van der Waals surface area contributed by atoms with E-state index in [2.05, 4.69) is 41.0 Å². The van der Waals surface area contributed by atoms with Crippen LogP contribution in [0.3, 0.4) is 0 Å². The Bertz CT molecular complexity index is 670. The van der Waals surface area contributed by atoms with Gasteiger partial charge in [0.2, 0.25) is 5.91 Å². The van der Waals surface area contributed by atoms with Gasteiger partial charge in [-0.3, -0.25) is 14.5 Å². The highest BCUT2D eigenvalue weighted by atomic mass is 16.4. The predicted molar refractivity (Wildman–Crippen MR) is 106 cm³/mol. The predicted octanol–water partition coefficient (Wildman–Crippen LogP) is 2.08. The molecular formula is C21H31N3O3. The Labute approximate surface area is 161 Å². The highest BCUT2D eigenvalue weighted by molar-refractivity contribution is 5.78. The summed E-state index contributed by atoms with van der Waals surface area (Å²) < 4.78 is 0. The minimum atomic E-state index is -0.786. The maximum Gasteiger partial charge on any atom is 0.308 e. The van der Waals surface area contributed by atoms with Crippen LogP contribution < -0.4 is 4.90 Å². The van der Waals surface area contributed by atoms with Crippen molar-refractivity contribution in [3.05, 3.63) is 29.8 Å². The first-order valence-corrected chi connectivity index (χ1v) is 9.97. The standard InChI is InChI=1S/C21H31N3O3/c1-16-4-3-5-19(13-16)23-10-8-22(9-11-23)7-6-20(25)24-14-17(2)12-18(15-24)21(26)27/h3-5,13,17-18H,6-12,14-15H2,1-2H3,(H,26,27). The number of anilines is 1. The molecule has 2 aliphatic rings. The quantitative estimate of drug-likeness (QED) is 0.856. The van der Waals surface area contributed by atoms with E-state index in [1.54, 1.807) is 4.90 Å². The highest BCUT2D eigenvalue weighted by Gasteiger charge is 2.31. The molecule has 1 aromatic carbocycles. The molecule has 2 saturated heterocycles. The van der Waals surface area contributed by atoms with Crippen molar-refractivity contribution in [3.63, 3.8) is 0 Å². The van der Waals surface area contributed by atoms with Crippen molar-refractivity contribution in [2.24, 2.45) is 11.8 Å². The molecule has 27 heavy (non-hydrogen) atoms. The second-order valence-electron chi connectivity index (χ2n) is 8.09. The molecular weight excluding hydrogens is 342 g/mol. The Morgan fingerprint density at radius 2 is 1.89 bits per heavy atom. The Hall–Kier alpha value is -2.08. The molecule has 1 aromatic rings. The maximum atomic E-state index is 12.6. The third kappa shape index (κ3) is 5.22. The van der Waals surface area contributed by atoms with Crippen LogP contribution in [0.15, 0.2) is 24.3 Å². The van der Waals surface area contributed by atoms with Crippen LogP contribution in [0.5, 0.6) is 0 Å². The van der Waals surface area contributed by atoms with Crippen molar-refractivity contribution in [1.29, 1.82) is 0 Å². The summed E-state index contributed by atoms with van der Waals surface area (Å²) in [7, 11) is 0. The molecule has 0 aromatic heterocycles. The van der Waals surface area contributed by atoms with Gasteiger partial charge in [-0.1, -0.05) is 19.1 Å². The minimum Gasteiger partial charge on any atom is -0.481 e. The zero-order valence-electron chi connectivity index (χ0n) is 16.4. The lowest BCUT2D eigenvalue weighted by Gasteiger charge is -2.37. The Balaban J connectivity index is 1.44. The topological polar surface area (TPSA) is 64.1 Å². The van der Waals surface area contributed by atoms with Gasteiger partial charge in [0.15, 0.2) is 0 Å². The first-order valence-electron chi connectivity index (χ1n) is 9.97. The number of carboxylic acid groups (broad SMARTS) is 1. The molecule has 6 nitrogen and oxygen atoms in total. The summed E-state index contributed by atoms with van der Waals surface area (Å²) in [6, 6.07) is 8.58. The number of aliphatic carboxylic acids is 1. The number of carboxylic acids is 1. The number of hydrogen-bond acceptors (Lipinski definition) is 4. The SMILES string of the molecule is Cc1cccc(N2CCN(CCC(=O)N3CC(C)CC(C(=O)O)C3)CC2)c1. The van der Waals surface area contributed by atoms with Crippen LogP contribution in [0, 0.1) is 18.8 Å². The van der Waals surface area contributed by atoms with Crippen molar-refractivity contribution in [3.8, 4) is 0 Å². The molecule has 6 heteroatoms. The second-order valence-corrected chi connectivity index (χ2v) is 8.09. The van der Waals surface area contributed by atoms with Gasteiger partial charge in [-0.05, 0) is 37.0 Å². The number of benzene rings is 1.